The summed E-state index contributed by atoms with van der Waals surface area (Å²) in [6, 6.07) is 6.65. The summed E-state index contributed by atoms with van der Waals surface area (Å²) in [6.45, 7) is 2.09. The minimum atomic E-state index is 0.433. The largest absolute Gasteiger partial charge is 0.366 e. The van der Waals surface area contributed by atoms with Crippen molar-refractivity contribution in [3.05, 3.63) is 29.7 Å². The molecule has 2 fully saturated rings. The number of piperidine rings is 1. The summed E-state index contributed by atoms with van der Waals surface area (Å²) in [7, 11) is 0. The second-order valence-corrected chi connectivity index (χ2v) is 7.32. The molecule has 1 saturated carbocycles. The first-order valence-electron chi connectivity index (χ1n) is 9.51. The van der Waals surface area contributed by atoms with E-state index >= 15 is 0 Å². The fraction of sp³-hybridized carbons (Fsp3) is 0.550. The number of aromatic nitrogens is 2. The van der Waals surface area contributed by atoms with Crippen molar-refractivity contribution in [1.29, 1.82) is 5.26 Å². The van der Waals surface area contributed by atoms with Crippen LogP contribution >= 0.6 is 0 Å². The number of nitrogens with zero attached hydrogens (tertiary/aromatic N) is 3. The Hall–Kier alpha value is -2.19. The molecule has 2 aliphatic rings. The molecule has 5 nitrogen and oxygen atoms in total. The highest BCUT2D eigenvalue weighted by molar-refractivity contribution is 5.87. The second kappa shape index (κ2) is 7.37. The van der Waals surface area contributed by atoms with Gasteiger partial charge in [-0.15, -0.1) is 0 Å². The molecular formula is C20H25N5. The number of rotatable bonds is 3. The van der Waals surface area contributed by atoms with Gasteiger partial charge in [0.05, 0.1) is 5.69 Å². The highest BCUT2D eigenvalue weighted by Crippen LogP contribution is 2.36. The van der Waals surface area contributed by atoms with Crippen LogP contribution in [0.4, 0.5) is 5.82 Å². The van der Waals surface area contributed by atoms with E-state index in [0.717, 1.165) is 35.4 Å². The Morgan fingerprint density at radius 2 is 2.00 bits per heavy atom. The maximum atomic E-state index is 9.34. The van der Waals surface area contributed by atoms with Crippen molar-refractivity contribution < 1.29 is 0 Å². The van der Waals surface area contributed by atoms with Crippen LogP contribution in [0.1, 0.15) is 62.3 Å². The Balaban J connectivity index is 1.70. The third-order valence-electron chi connectivity index (χ3n) is 5.50. The molecule has 5 heteroatoms. The van der Waals surface area contributed by atoms with E-state index in [2.05, 4.69) is 27.8 Å². The lowest BCUT2D eigenvalue weighted by atomic mass is 9.85. The molecule has 1 aliphatic carbocycles. The molecule has 0 radical (unpaired) electrons. The lowest BCUT2D eigenvalue weighted by molar-refractivity contribution is 0.439. The zero-order valence-corrected chi connectivity index (χ0v) is 14.6. The number of nitriles is 1. The Labute approximate surface area is 148 Å². The van der Waals surface area contributed by atoms with Crippen molar-refractivity contribution in [2.75, 3.05) is 18.4 Å². The monoisotopic (exact) mass is 335 g/mol. The van der Waals surface area contributed by atoms with Crippen LogP contribution < -0.4 is 10.6 Å². The van der Waals surface area contributed by atoms with Crippen molar-refractivity contribution in [3.63, 3.8) is 0 Å². The quantitative estimate of drug-likeness (QED) is 0.894. The van der Waals surface area contributed by atoms with Gasteiger partial charge < -0.3 is 10.6 Å². The van der Waals surface area contributed by atoms with Gasteiger partial charge in [0.15, 0.2) is 0 Å². The van der Waals surface area contributed by atoms with E-state index in [1.165, 1.54) is 44.9 Å². The maximum Gasteiger partial charge on any atom is 0.141 e. The summed E-state index contributed by atoms with van der Waals surface area (Å²) in [5, 5.41) is 18.5. The normalized spacial score (nSPS) is 21.8. The van der Waals surface area contributed by atoms with Gasteiger partial charge in [-0.3, -0.25) is 0 Å². The van der Waals surface area contributed by atoms with Crippen molar-refractivity contribution in [1.82, 2.24) is 15.3 Å². The zero-order valence-electron chi connectivity index (χ0n) is 14.6. The van der Waals surface area contributed by atoms with Crippen LogP contribution in [0.2, 0.25) is 0 Å². The first kappa shape index (κ1) is 16.3. The van der Waals surface area contributed by atoms with Gasteiger partial charge in [-0.2, -0.15) is 5.26 Å². The topological polar surface area (TPSA) is 73.6 Å². The molecule has 3 heterocycles. The fourth-order valence-corrected chi connectivity index (χ4v) is 4.18. The average Bonchev–Trinajstić information content (AvgIpc) is 2.68. The number of anilines is 1. The van der Waals surface area contributed by atoms with E-state index in [-0.39, 0.29) is 0 Å². The molecule has 2 N–H and O–H groups in total. The number of hydrogen-bond donors (Lipinski definition) is 2. The summed E-state index contributed by atoms with van der Waals surface area (Å²) >= 11 is 0. The van der Waals surface area contributed by atoms with E-state index in [9.17, 15) is 5.26 Å². The number of hydrogen-bond acceptors (Lipinski definition) is 5. The maximum absolute atomic E-state index is 9.34. The predicted octanol–water partition coefficient (Wildman–Crippen LogP) is 3.71. The Kier molecular flexibility index (Phi) is 4.80. The Bertz CT molecular complexity index is 783. The van der Waals surface area contributed by atoms with E-state index < -0.39 is 0 Å². The molecule has 4 rings (SSSR count). The van der Waals surface area contributed by atoms with Crippen LogP contribution in [0, 0.1) is 11.3 Å². The average molecular weight is 335 g/mol. The lowest BCUT2D eigenvalue weighted by Gasteiger charge is -2.25. The van der Waals surface area contributed by atoms with Crippen molar-refractivity contribution in [3.8, 4) is 6.07 Å². The van der Waals surface area contributed by atoms with Crippen LogP contribution in [0.15, 0.2) is 18.3 Å². The van der Waals surface area contributed by atoms with Crippen molar-refractivity contribution in [2.24, 2.45) is 0 Å². The van der Waals surface area contributed by atoms with Crippen LogP contribution in [-0.4, -0.2) is 29.1 Å². The van der Waals surface area contributed by atoms with E-state index in [4.69, 9.17) is 4.98 Å². The predicted molar refractivity (Wildman–Crippen MR) is 99.6 cm³/mol. The van der Waals surface area contributed by atoms with E-state index in [1.807, 2.05) is 12.3 Å². The molecule has 0 aromatic carbocycles. The summed E-state index contributed by atoms with van der Waals surface area (Å²) in [5.41, 5.74) is 1.60. The third-order valence-corrected chi connectivity index (χ3v) is 5.50. The molecule has 0 spiro atoms. The highest BCUT2D eigenvalue weighted by atomic mass is 15.1. The van der Waals surface area contributed by atoms with Crippen molar-refractivity contribution in [2.45, 2.75) is 56.9 Å². The molecule has 1 unspecified atom stereocenters. The lowest BCUT2D eigenvalue weighted by Crippen LogP contribution is -2.38. The van der Waals surface area contributed by atoms with E-state index in [0.29, 0.717) is 17.7 Å². The SMILES string of the molecule is N#Cc1cc2cnc(NC3CCCNC3)cc2c(C2CCCCC2)n1. The van der Waals surface area contributed by atoms with Gasteiger partial charge in [0.2, 0.25) is 0 Å². The van der Waals surface area contributed by atoms with Crippen LogP contribution in [0.3, 0.4) is 0 Å². The minimum Gasteiger partial charge on any atom is -0.366 e. The molecule has 130 valence electrons. The van der Waals surface area contributed by atoms with Gasteiger partial charge in [0.1, 0.15) is 17.6 Å². The van der Waals surface area contributed by atoms with Gasteiger partial charge in [0.25, 0.3) is 0 Å². The number of pyridine rings is 2. The van der Waals surface area contributed by atoms with Gasteiger partial charge in [-0.25, -0.2) is 9.97 Å². The highest BCUT2D eigenvalue weighted by Gasteiger charge is 2.21. The number of nitrogens with one attached hydrogen (secondary N) is 2. The molecule has 1 atom stereocenters. The van der Waals surface area contributed by atoms with Crippen molar-refractivity contribution >= 4 is 16.6 Å². The second-order valence-electron chi connectivity index (χ2n) is 7.32. The zero-order chi connectivity index (χ0) is 17.1. The Morgan fingerprint density at radius 3 is 2.76 bits per heavy atom. The molecule has 2 aromatic rings. The summed E-state index contributed by atoms with van der Waals surface area (Å²) in [6.07, 6.45) is 10.4. The smallest absolute Gasteiger partial charge is 0.141 e. The van der Waals surface area contributed by atoms with Gasteiger partial charge in [0, 0.05) is 35.5 Å². The molecule has 1 saturated heterocycles. The summed E-state index contributed by atoms with van der Waals surface area (Å²) in [5.74, 6) is 1.39. The first-order chi connectivity index (χ1) is 12.3. The summed E-state index contributed by atoms with van der Waals surface area (Å²) < 4.78 is 0. The van der Waals surface area contributed by atoms with Gasteiger partial charge in [-0.1, -0.05) is 19.3 Å². The Morgan fingerprint density at radius 1 is 1.12 bits per heavy atom. The fourth-order valence-electron chi connectivity index (χ4n) is 4.18. The minimum absolute atomic E-state index is 0.433. The van der Waals surface area contributed by atoms with Gasteiger partial charge >= 0.3 is 0 Å². The molecule has 0 amide bonds. The van der Waals surface area contributed by atoms with Crippen LogP contribution in [-0.2, 0) is 0 Å². The molecule has 0 bridgehead atoms. The first-order valence-corrected chi connectivity index (χ1v) is 9.51. The van der Waals surface area contributed by atoms with Crippen LogP contribution in [0.25, 0.3) is 10.8 Å². The third kappa shape index (κ3) is 3.59. The van der Waals surface area contributed by atoms with Gasteiger partial charge in [-0.05, 0) is 44.4 Å². The molecule has 1 aliphatic heterocycles. The molecular weight excluding hydrogens is 310 g/mol. The molecule has 25 heavy (non-hydrogen) atoms. The van der Waals surface area contributed by atoms with E-state index in [1.54, 1.807) is 0 Å². The standard InChI is InChI=1S/C20H25N5/c21-11-17-9-15-12-23-19(24-16-7-4-8-22-13-16)10-18(15)20(25-17)14-5-2-1-3-6-14/h9-10,12,14,16,22H,1-8,13H2,(H,23,24). The number of fused-ring (bicyclic) bond motifs is 1. The summed E-state index contributed by atoms with van der Waals surface area (Å²) in [4.78, 5) is 9.29. The van der Waals surface area contributed by atoms with Crippen LogP contribution in [0.5, 0.6) is 0 Å². The molecule has 2 aromatic heterocycles.